The molecule has 0 radical (unpaired) electrons. The fourth-order valence-corrected chi connectivity index (χ4v) is 3.88. The van der Waals surface area contributed by atoms with Crippen LogP contribution in [0.25, 0.3) is 0 Å². The van der Waals surface area contributed by atoms with E-state index in [0.717, 1.165) is 0 Å². The summed E-state index contributed by atoms with van der Waals surface area (Å²) in [5.74, 6) is -3.42. The number of hydrogen-bond donors (Lipinski definition) is 4. The number of aliphatic carboxylic acids is 3. The first-order valence-electron chi connectivity index (χ1n) is 14.3. The summed E-state index contributed by atoms with van der Waals surface area (Å²) in [6.07, 6.45) is 0.364. The van der Waals surface area contributed by atoms with Crippen molar-refractivity contribution < 1.29 is 53.5 Å². The SMILES string of the molecule is BC(=O)CCOCCOCCOCCNC(=O)CCC(C(=O)O)N(CCN(CC)CC(=O)O)CCN(CC)CC(=O)O. The summed E-state index contributed by atoms with van der Waals surface area (Å²) in [5.41, 5.74) is 0.0712. The van der Waals surface area contributed by atoms with E-state index in [2.05, 4.69) is 5.32 Å². The Kier molecular flexibility index (Phi) is 23.4. The Labute approximate surface area is 248 Å². The minimum absolute atomic E-state index is 0.0282. The molecule has 0 bridgehead atoms. The molecule has 0 aliphatic heterocycles. The van der Waals surface area contributed by atoms with Crippen molar-refractivity contribution in [2.75, 3.05) is 98.5 Å². The van der Waals surface area contributed by atoms with Gasteiger partial charge in [-0.15, -0.1) is 0 Å². The molecule has 42 heavy (non-hydrogen) atoms. The second-order valence-corrected chi connectivity index (χ2v) is 9.59. The first-order valence-corrected chi connectivity index (χ1v) is 14.3. The third kappa shape index (κ3) is 22.0. The fourth-order valence-electron chi connectivity index (χ4n) is 3.88. The molecule has 0 fully saturated rings. The molecule has 4 N–H and O–H groups in total. The summed E-state index contributed by atoms with van der Waals surface area (Å²) in [5, 5.41) is 30.9. The van der Waals surface area contributed by atoms with Gasteiger partial charge in [-0.1, -0.05) is 13.8 Å². The quantitative estimate of drug-likeness (QED) is 0.0543. The van der Waals surface area contributed by atoms with Gasteiger partial charge in [0.15, 0.2) is 7.85 Å². The van der Waals surface area contributed by atoms with E-state index < -0.39 is 23.9 Å². The smallest absolute Gasteiger partial charge is 0.320 e. The Morgan fingerprint density at radius 2 is 1.19 bits per heavy atom. The van der Waals surface area contributed by atoms with Crippen molar-refractivity contribution in [3.8, 4) is 0 Å². The van der Waals surface area contributed by atoms with Crippen LogP contribution in [0.1, 0.15) is 33.1 Å². The monoisotopic (exact) mass is 604 g/mol. The number of carboxylic acids is 3. The largest absolute Gasteiger partial charge is 0.480 e. The van der Waals surface area contributed by atoms with Gasteiger partial charge in [0.2, 0.25) is 5.91 Å². The summed E-state index contributed by atoms with van der Waals surface area (Å²) in [4.78, 5) is 62.7. The second-order valence-electron chi connectivity index (χ2n) is 9.59. The van der Waals surface area contributed by atoms with Crippen molar-refractivity contribution in [2.24, 2.45) is 0 Å². The highest BCUT2D eigenvalue weighted by Crippen LogP contribution is 2.10. The van der Waals surface area contributed by atoms with Crippen molar-refractivity contribution in [2.45, 2.75) is 39.2 Å². The number of nitrogens with zero attached hydrogens (tertiary/aromatic N) is 3. The lowest BCUT2D eigenvalue weighted by atomic mass is 10.0. The maximum atomic E-state index is 12.4. The predicted molar refractivity (Wildman–Crippen MR) is 155 cm³/mol. The molecule has 1 unspecified atom stereocenters. The topological polar surface area (TPSA) is 195 Å². The van der Waals surface area contributed by atoms with Gasteiger partial charge < -0.3 is 39.6 Å². The Morgan fingerprint density at radius 1 is 0.714 bits per heavy atom. The van der Waals surface area contributed by atoms with Crippen LogP contribution in [0.15, 0.2) is 0 Å². The van der Waals surface area contributed by atoms with Gasteiger partial charge in [0.05, 0.1) is 58.4 Å². The molecule has 1 atom stereocenters. The van der Waals surface area contributed by atoms with Crippen molar-refractivity contribution in [3.05, 3.63) is 0 Å². The molecular formula is C26H49BN4O11. The van der Waals surface area contributed by atoms with E-state index in [-0.39, 0.29) is 63.8 Å². The normalized spacial score (nSPS) is 12.1. The molecule has 0 aromatic heterocycles. The van der Waals surface area contributed by atoms with E-state index in [1.165, 1.54) is 7.85 Å². The van der Waals surface area contributed by atoms with E-state index in [0.29, 0.717) is 65.6 Å². The lowest BCUT2D eigenvalue weighted by Crippen LogP contribution is -2.49. The minimum atomic E-state index is -1.11. The van der Waals surface area contributed by atoms with Crippen LogP contribution in [-0.2, 0) is 38.2 Å². The van der Waals surface area contributed by atoms with E-state index in [9.17, 15) is 29.1 Å². The number of carbonyl (C=O) groups is 5. The molecule has 0 aliphatic carbocycles. The molecule has 1 amide bonds. The molecule has 16 heteroatoms. The Bertz CT molecular complexity index is 778. The summed E-state index contributed by atoms with van der Waals surface area (Å²) in [6, 6.07) is -1.01. The second kappa shape index (κ2) is 24.9. The molecule has 0 saturated carbocycles. The standard InChI is InChI=1S/C26H49BN4O11/c1-3-29(19-24(34)35)9-11-31(12-10-30(4-2)20-25(36)37)21(26(38)39)5-6-23(33)28-8-14-41-16-18-42-17-15-40-13-7-22(27)32/h21H,3-20,27H2,1-2H3,(H,28,33)(H,34,35)(H,36,37)(H,38,39). The van der Waals surface area contributed by atoms with Crippen molar-refractivity contribution in [1.82, 2.24) is 20.0 Å². The van der Waals surface area contributed by atoms with E-state index in [1.54, 1.807) is 14.7 Å². The number of carboxylic acid groups (broad SMARTS) is 3. The molecule has 0 aliphatic rings. The predicted octanol–water partition coefficient (Wildman–Crippen LogP) is -1.95. The zero-order valence-corrected chi connectivity index (χ0v) is 25.3. The van der Waals surface area contributed by atoms with E-state index in [4.69, 9.17) is 24.4 Å². The number of nitrogens with one attached hydrogen (secondary N) is 1. The van der Waals surface area contributed by atoms with Crippen molar-refractivity contribution >= 4 is 37.3 Å². The Morgan fingerprint density at radius 3 is 1.62 bits per heavy atom. The van der Waals surface area contributed by atoms with Gasteiger partial charge in [-0.2, -0.15) is 0 Å². The van der Waals surface area contributed by atoms with Gasteiger partial charge in [-0.05, 0) is 19.5 Å². The average Bonchev–Trinajstić information content (AvgIpc) is 2.92. The lowest BCUT2D eigenvalue weighted by molar-refractivity contribution is -0.145. The highest BCUT2D eigenvalue weighted by Gasteiger charge is 2.27. The first-order chi connectivity index (χ1) is 20.0. The van der Waals surface area contributed by atoms with Crippen LogP contribution >= 0.6 is 0 Å². The van der Waals surface area contributed by atoms with E-state index >= 15 is 0 Å². The molecule has 0 saturated heterocycles. The number of likely N-dealkylation sites (N-methyl/N-ethyl adjacent to an activating group) is 2. The van der Waals surface area contributed by atoms with Crippen LogP contribution in [0.5, 0.6) is 0 Å². The number of rotatable bonds is 29. The van der Waals surface area contributed by atoms with Gasteiger partial charge in [-0.3, -0.25) is 33.9 Å². The van der Waals surface area contributed by atoms with Crippen molar-refractivity contribution in [3.63, 3.8) is 0 Å². The molecule has 0 spiro atoms. The molecular weight excluding hydrogens is 555 g/mol. The summed E-state index contributed by atoms with van der Waals surface area (Å²) >= 11 is 0. The molecule has 0 rings (SSSR count). The summed E-state index contributed by atoms with van der Waals surface area (Å²) in [6.45, 7) is 7.58. The van der Waals surface area contributed by atoms with Gasteiger partial charge in [0, 0.05) is 45.6 Å². The average molecular weight is 605 g/mol. The van der Waals surface area contributed by atoms with Gasteiger partial charge in [0.25, 0.3) is 0 Å². The van der Waals surface area contributed by atoms with Gasteiger partial charge >= 0.3 is 17.9 Å². The summed E-state index contributed by atoms with van der Waals surface area (Å²) in [7, 11) is 1.50. The highest BCUT2D eigenvalue weighted by molar-refractivity contribution is 6.57. The Balaban J connectivity index is 4.66. The van der Waals surface area contributed by atoms with Crippen LogP contribution in [-0.4, -0.2) is 172 Å². The highest BCUT2D eigenvalue weighted by atomic mass is 16.5. The number of hydrogen-bond acceptors (Lipinski definition) is 11. The third-order valence-corrected chi connectivity index (χ3v) is 6.30. The molecule has 15 nitrogen and oxygen atoms in total. The van der Waals surface area contributed by atoms with Crippen molar-refractivity contribution in [1.29, 1.82) is 0 Å². The van der Waals surface area contributed by atoms with Gasteiger partial charge in [-0.25, -0.2) is 0 Å². The lowest BCUT2D eigenvalue weighted by Gasteiger charge is -2.32. The van der Waals surface area contributed by atoms with Crippen LogP contribution in [0.4, 0.5) is 0 Å². The first kappa shape index (κ1) is 39.4. The number of carbonyl (C=O) groups excluding carboxylic acids is 2. The third-order valence-electron chi connectivity index (χ3n) is 6.30. The van der Waals surface area contributed by atoms with Crippen LogP contribution in [0, 0.1) is 0 Å². The zero-order valence-electron chi connectivity index (χ0n) is 25.3. The van der Waals surface area contributed by atoms with Crippen LogP contribution in [0.3, 0.4) is 0 Å². The Hall–Kier alpha value is -2.63. The molecule has 0 heterocycles. The van der Waals surface area contributed by atoms with Crippen LogP contribution in [0.2, 0.25) is 0 Å². The number of ether oxygens (including phenoxy) is 3. The minimum Gasteiger partial charge on any atom is -0.480 e. The summed E-state index contributed by atoms with van der Waals surface area (Å²) < 4.78 is 16.0. The number of amides is 1. The fraction of sp³-hybridized carbons (Fsp3) is 0.808. The van der Waals surface area contributed by atoms with Gasteiger partial charge in [0.1, 0.15) is 6.04 Å². The molecule has 242 valence electrons. The maximum absolute atomic E-state index is 12.4. The zero-order chi connectivity index (χ0) is 31.8. The van der Waals surface area contributed by atoms with E-state index in [1.807, 2.05) is 13.8 Å². The molecule has 0 aromatic carbocycles. The van der Waals surface area contributed by atoms with Crippen LogP contribution < -0.4 is 5.32 Å². The molecule has 0 aromatic rings. The maximum Gasteiger partial charge on any atom is 0.320 e.